The topological polar surface area (TPSA) is 58.4 Å². The fourth-order valence-corrected chi connectivity index (χ4v) is 2.83. The van der Waals surface area contributed by atoms with E-state index in [1.807, 2.05) is 31.2 Å². The first-order chi connectivity index (χ1) is 10.3. The first kappa shape index (κ1) is 13.9. The van der Waals surface area contributed by atoms with Crippen LogP contribution in [0.1, 0.15) is 32.6 Å². The zero-order chi connectivity index (χ0) is 14.7. The van der Waals surface area contributed by atoms with Crippen molar-refractivity contribution in [3.63, 3.8) is 0 Å². The summed E-state index contributed by atoms with van der Waals surface area (Å²) < 4.78 is 5.84. The molecule has 1 aromatic heterocycles. The van der Waals surface area contributed by atoms with Crippen LogP contribution in [-0.2, 0) is 4.79 Å². The average Bonchev–Trinajstić information content (AvgIpc) is 3.11. The number of benzene rings is 1. The molecule has 21 heavy (non-hydrogen) atoms. The van der Waals surface area contributed by atoms with Gasteiger partial charge in [-0.2, -0.15) is 4.98 Å². The van der Waals surface area contributed by atoms with Gasteiger partial charge in [0.25, 0.3) is 6.01 Å². The number of carbonyl (C=O) groups excluding carboxylic acids is 1. The lowest BCUT2D eigenvalue weighted by Gasteiger charge is -2.22. The number of para-hydroxylation sites is 2. The van der Waals surface area contributed by atoms with E-state index in [0.29, 0.717) is 19.0 Å². The maximum Gasteiger partial charge on any atom is 0.298 e. The van der Waals surface area contributed by atoms with E-state index in [1.54, 1.807) is 0 Å². The van der Waals surface area contributed by atoms with Crippen molar-refractivity contribution < 1.29 is 9.21 Å². The van der Waals surface area contributed by atoms with E-state index in [-0.39, 0.29) is 11.9 Å². The number of nitrogens with zero attached hydrogens (tertiary/aromatic N) is 2. The summed E-state index contributed by atoms with van der Waals surface area (Å²) >= 11 is 0. The van der Waals surface area contributed by atoms with Crippen LogP contribution in [0, 0.1) is 0 Å². The van der Waals surface area contributed by atoms with Gasteiger partial charge in [-0.05, 0) is 31.4 Å². The Morgan fingerprint density at radius 3 is 3.14 bits per heavy atom. The summed E-state index contributed by atoms with van der Waals surface area (Å²) in [7, 11) is 0. The molecule has 1 saturated heterocycles. The number of amides is 1. The second-order valence-electron chi connectivity index (χ2n) is 5.51. The summed E-state index contributed by atoms with van der Waals surface area (Å²) in [5, 5.41) is 3.01. The molecule has 5 heteroatoms. The van der Waals surface area contributed by atoms with Crippen LogP contribution in [0.3, 0.4) is 0 Å². The van der Waals surface area contributed by atoms with Crippen molar-refractivity contribution in [1.29, 1.82) is 0 Å². The van der Waals surface area contributed by atoms with Gasteiger partial charge >= 0.3 is 0 Å². The molecule has 1 fully saturated rings. The van der Waals surface area contributed by atoms with Crippen LogP contribution in [-0.4, -0.2) is 30.0 Å². The molecule has 0 bridgehead atoms. The first-order valence-corrected chi connectivity index (χ1v) is 7.67. The summed E-state index contributed by atoms with van der Waals surface area (Å²) in [5.41, 5.74) is 1.70. The van der Waals surface area contributed by atoms with E-state index in [2.05, 4.69) is 15.2 Å². The third-order valence-electron chi connectivity index (χ3n) is 3.92. The molecular formula is C16H21N3O2. The highest BCUT2D eigenvalue weighted by molar-refractivity contribution is 5.76. The summed E-state index contributed by atoms with van der Waals surface area (Å²) in [5.74, 6) is 0.127. The molecule has 2 heterocycles. The molecule has 1 atom stereocenters. The van der Waals surface area contributed by atoms with Crippen LogP contribution in [0.25, 0.3) is 11.1 Å². The van der Waals surface area contributed by atoms with Crippen molar-refractivity contribution in [1.82, 2.24) is 10.3 Å². The van der Waals surface area contributed by atoms with Gasteiger partial charge in [-0.1, -0.05) is 19.1 Å². The zero-order valence-corrected chi connectivity index (χ0v) is 12.3. The summed E-state index contributed by atoms with van der Waals surface area (Å²) in [6.07, 6.45) is 3.64. The number of nitrogens with one attached hydrogen (secondary N) is 1. The molecule has 112 valence electrons. The van der Waals surface area contributed by atoms with Crippen LogP contribution in [0.5, 0.6) is 0 Å². The van der Waals surface area contributed by atoms with E-state index >= 15 is 0 Å². The lowest BCUT2D eigenvalue weighted by molar-refractivity contribution is -0.121. The number of rotatable bonds is 5. The van der Waals surface area contributed by atoms with Gasteiger partial charge in [0.05, 0.1) is 6.04 Å². The van der Waals surface area contributed by atoms with Crippen molar-refractivity contribution in [3.8, 4) is 0 Å². The average molecular weight is 287 g/mol. The van der Waals surface area contributed by atoms with Gasteiger partial charge in [0.1, 0.15) is 5.52 Å². The Bertz CT molecular complexity index is 590. The predicted molar refractivity (Wildman–Crippen MR) is 82.3 cm³/mol. The Labute approximate surface area is 124 Å². The molecule has 0 spiro atoms. The molecule has 0 radical (unpaired) electrons. The quantitative estimate of drug-likeness (QED) is 0.918. The van der Waals surface area contributed by atoms with Gasteiger partial charge in [0.2, 0.25) is 5.91 Å². The minimum atomic E-state index is 0.127. The molecule has 1 aliphatic rings. The highest BCUT2D eigenvalue weighted by atomic mass is 16.4. The zero-order valence-electron chi connectivity index (χ0n) is 12.3. The lowest BCUT2D eigenvalue weighted by atomic mass is 10.2. The normalized spacial score (nSPS) is 18.3. The Balaban J connectivity index is 1.70. The Morgan fingerprint density at radius 2 is 2.33 bits per heavy atom. The third-order valence-corrected chi connectivity index (χ3v) is 3.92. The Hall–Kier alpha value is -2.04. The number of hydrogen-bond acceptors (Lipinski definition) is 4. The summed E-state index contributed by atoms with van der Waals surface area (Å²) in [6.45, 7) is 3.61. The van der Waals surface area contributed by atoms with E-state index in [0.717, 1.165) is 36.9 Å². The lowest BCUT2D eigenvalue weighted by Crippen LogP contribution is -2.40. The second-order valence-corrected chi connectivity index (χ2v) is 5.51. The van der Waals surface area contributed by atoms with Gasteiger partial charge in [0, 0.05) is 19.5 Å². The number of fused-ring (bicyclic) bond motifs is 1. The maximum absolute atomic E-state index is 11.6. The van der Waals surface area contributed by atoms with Gasteiger partial charge in [-0.15, -0.1) is 0 Å². The monoisotopic (exact) mass is 287 g/mol. The minimum absolute atomic E-state index is 0.127. The van der Waals surface area contributed by atoms with E-state index < -0.39 is 0 Å². The van der Waals surface area contributed by atoms with Crippen molar-refractivity contribution in [2.24, 2.45) is 0 Å². The van der Waals surface area contributed by atoms with Crippen molar-refractivity contribution in [2.45, 2.75) is 38.6 Å². The Morgan fingerprint density at radius 1 is 1.48 bits per heavy atom. The molecule has 3 rings (SSSR count). The Kier molecular flexibility index (Phi) is 4.08. The standard InChI is InChI=1S/C16H21N3O2/c1-2-6-15(20)17-11-12-7-5-10-19(12)16-18-13-8-3-4-9-14(13)21-16/h3-4,8-9,12H,2,5-7,10-11H2,1H3,(H,17,20). The minimum Gasteiger partial charge on any atom is -0.423 e. The van der Waals surface area contributed by atoms with Crippen LogP contribution >= 0.6 is 0 Å². The number of aromatic nitrogens is 1. The smallest absolute Gasteiger partial charge is 0.298 e. The van der Waals surface area contributed by atoms with Crippen LogP contribution < -0.4 is 10.2 Å². The van der Waals surface area contributed by atoms with E-state index in [1.165, 1.54) is 0 Å². The summed E-state index contributed by atoms with van der Waals surface area (Å²) in [6, 6.07) is 8.74. The van der Waals surface area contributed by atoms with Crippen LogP contribution in [0.2, 0.25) is 0 Å². The van der Waals surface area contributed by atoms with Crippen molar-refractivity contribution >= 4 is 23.0 Å². The second kappa shape index (κ2) is 6.16. The van der Waals surface area contributed by atoms with Gasteiger partial charge in [0.15, 0.2) is 5.58 Å². The number of hydrogen-bond donors (Lipinski definition) is 1. The number of carbonyl (C=O) groups is 1. The predicted octanol–water partition coefficient (Wildman–Crippen LogP) is 2.71. The maximum atomic E-state index is 11.6. The van der Waals surface area contributed by atoms with Crippen molar-refractivity contribution in [2.75, 3.05) is 18.0 Å². The highest BCUT2D eigenvalue weighted by Crippen LogP contribution is 2.27. The summed E-state index contributed by atoms with van der Waals surface area (Å²) in [4.78, 5) is 18.3. The fourth-order valence-electron chi connectivity index (χ4n) is 2.83. The molecular weight excluding hydrogens is 266 g/mol. The fraction of sp³-hybridized carbons (Fsp3) is 0.500. The first-order valence-electron chi connectivity index (χ1n) is 7.67. The molecule has 2 aromatic rings. The molecule has 1 aliphatic heterocycles. The molecule has 1 unspecified atom stereocenters. The third kappa shape index (κ3) is 3.01. The number of anilines is 1. The SMILES string of the molecule is CCCC(=O)NCC1CCCN1c1nc2ccccc2o1. The van der Waals surface area contributed by atoms with E-state index in [9.17, 15) is 4.79 Å². The van der Waals surface area contributed by atoms with Crippen LogP contribution in [0.4, 0.5) is 6.01 Å². The molecule has 1 aromatic carbocycles. The van der Waals surface area contributed by atoms with Gasteiger partial charge in [-0.25, -0.2) is 0 Å². The molecule has 0 saturated carbocycles. The van der Waals surface area contributed by atoms with Gasteiger partial charge in [-0.3, -0.25) is 4.79 Å². The highest BCUT2D eigenvalue weighted by Gasteiger charge is 2.28. The van der Waals surface area contributed by atoms with Crippen molar-refractivity contribution in [3.05, 3.63) is 24.3 Å². The van der Waals surface area contributed by atoms with Crippen LogP contribution in [0.15, 0.2) is 28.7 Å². The molecule has 1 N–H and O–H groups in total. The van der Waals surface area contributed by atoms with E-state index in [4.69, 9.17) is 4.42 Å². The largest absolute Gasteiger partial charge is 0.423 e. The molecule has 0 aliphatic carbocycles. The number of oxazole rings is 1. The molecule has 1 amide bonds. The molecule has 5 nitrogen and oxygen atoms in total. The van der Waals surface area contributed by atoms with Gasteiger partial charge < -0.3 is 14.6 Å².